The van der Waals surface area contributed by atoms with Crippen LogP contribution in [0.15, 0.2) is 23.0 Å². The number of rotatable bonds is 6. The molecule has 5 heteroatoms. The molecule has 0 aliphatic rings. The molecule has 1 heterocycles. The van der Waals surface area contributed by atoms with Gasteiger partial charge >= 0.3 is 11.7 Å². The Balaban J connectivity index is 2.39. The van der Waals surface area contributed by atoms with Gasteiger partial charge < -0.3 is 10.1 Å². The number of carboxylic acid groups (broad SMARTS) is 1. The van der Waals surface area contributed by atoms with E-state index in [9.17, 15) is 14.7 Å². The van der Waals surface area contributed by atoms with Crippen LogP contribution >= 0.6 is 0 Å². The zero-order chi connectivity index (χ0) is 13.8. The maximum absolute atomic E-state index is 11.9. The van der Waals surface area contributed by atoms with Crippen LogP contribution in [0.2, 0.25) is 0 Å². The van der Waals surface area contributed by atoms with E-state index in [-0.39, 0.29) is 11.3 Å². The number of aromatic amines is 1. The lowest BCUT2D eigenvalue weighted by atomic mass is 10.1. The molecule has 0 radical (unpaired) electrons. The number of nitrogens with zero attached hydrogens (tertiary/aromatic N) is 1. The average molecular weight is 262 g/mol. The summed E-state index contributed by atoms with van der Waals surface area (Å²) in [7, 11) is 0. The van der Waals surface area contributed by atoms with Crippen molar-refractivity contribution in [1.82, 2.24) is 9.55 Å². The number of fused-ring (bicyclic) bond motifs is 1. The van der Waals surface area contributed by atoms with Gasteiger partial charge in [-0.2, -0.15) is 0 Å². The number of carboxylic acids is 1. The minimum atomic E-state index is -1.01. The number of aromatic nitrogens is 2. The van der Waals surface area contributed by atoms with Crippen LogP contribution in [0.1, 0.15) is 43.0 Å². The molecule has 0 atom stereocenters. The minimum absolute atomic E-state index is 0.173. The Morgan fingerprint density at radius 3 is 2.79 bits per heavy atom. The van der Waals surface area contributed by atoms with Crippen molar-refractivity contribution in [2.75, 3.05) is 0 Å². The number of nitrogens with one attached hydrogen (secondary N) is 1. The van der Waals surface area contributed by atoms with Crippen LogP contribution in [0, 0.1) is 0 Å². The summed E-state index contributed by atoms with van der Waals surface area (Å²) < 4.78 is 1.54. The fraction of sp³-hybridized carbons (Fsp3) is 0.429. The first-order chi connectivity index (χ1) is 9.15. The highest BCUT2D eigenvalue weighted by Gasteiger charge is 2.14. The fourth-order valence-corrected chi connectivity index (χ4v) is 2.30. The third kappa shape index (κ3) is 2.70. The summed E-state index contributed by atoms with van der Waals surface area (Å²) in [6.45, 7) is 2.68. The highest BCUT2D eigenvalue weighted by molar-refractivity contribution is 6.01. The van der Waals surface area contributed by atoms with Crippen molar-refractivity contribution in [3.05, 3.63) is 34.2 Å². The number of imidazole rings is 1. The molecule has 2 aromatic rings. The van der Waals surface area contributed by atoms with Gasteiger partial charge in [0.15, 0.2) is 0 Å². The number of hydrogen-bond acceptors (Lipinski definition) is 2. The van der Waals surface area contributed by atoms with E-state index in [0.717, 1.165) is 25.7 Å². The van der Waals surface area contributed by atoms with Gasteiger partial charge in [-0.05, 0) is 18.6 Å². The van der Waals surface area contributed by atoms with Crippen LogP contribution < -0.4 is 5.69 Å². The van der Waals surface area contributed by atoms with Crippen LogP contribution in [-0.4, -0.2) is 20.6 Å². The summed E-state index contributed by atoms with van der Waals surface area (Å²) in [4.78, 5) is 25.8. The summed E-state index contributed by atoms with van der Waals surface area (Å²) in [5, 5.41) is 9.20. The van der Waals surface area contributed by atoms with E-state index < -0.39 is 5.97 Å². The van der Waals surface area contributed by atoms with Crippen molar-refractivity contribution in [3.63, 3.8) is 0 Å². The van der Waals surface area contributed by atoms with Gasteiger partial charge in [0.05, 0.1) is 16.6 Å². The SMILES string of the molecule is CCCCCCn1c(=O)[nH]c2cccc(C(=O)O)c21. The first kappa shape index (κ1) is 13.4. The lowest BCUT2D eigenvalue weighted by Gasteiger charge is -2.05. The molecule has 19 heavy (non-hydrogen) atoms. The van der Waals surface area contributed by atoms with E-state index >= 15 is 0 Å². The molecule has 102 valence electrons. The predicted octanol–water partition coefficient (Wildman–Crippen LogP) is 2.61. The summed E-state index contributed by atoms with van der Waals surface area (Å²) in [6, 6.07) is 4.90. The number of para-hydroxylation sites is 1. The molecule has 0 amide bonds. The zero-order valence-electron chi connectivity index (χ0n) is 11.0. The number of aromatic carboxylic acids is 1. The van der Waals surface area contributed by atoms with Gasteiger partial charge in [-0.3, -0.25) is 4.57 Å². The van der Waals surface area contributed by atoms with Crippen molar-refractivity contribution in [1.29, 1.82) is 0 Å². The van der Waals surface area contributed by atoms with E-state index in [4.69, 9.17) is 0 Å². The first-order valence-electron chi connectivity index (χ1n) is 6.60. The molecule has 5 nitrogen and oxygen atoms in total. The van der Waals surface area contributed by atoms with E-state index in [1.807, 2.05) is 0 Å². The summed E-state index contributed by atoms with van der Waals surface area (Å²) in [5.74, 6) is -1.01. The monoisotopic (exact) mass is 262 g/mol. The highest BCUT2D eigenvalue weighted by atomic mass is 16.4. The number of aryl methyl sites for hydroxylation is 1. The molecule has 0 aliphatic carbocycles. The van der Waals surface area contributed by atoms with Gasteiger partial charge in [0.25, 0.3) is 0 Å². The zero-order valence-corrected chi connectivity index (χ0v) is 11.0. The number of carbonyl (C=O) groups is 1. The predicted molar refractivity (Wildman–Crippen MR) is 73.7 cm³/mol. The maximum Gasteiger partial charge on any atom is 0.337 e. The smallest absolute Gasteiger partial charge is 0.337 e. The van der Waals surface area contributed by atoms with Crippen molar-refractivity contribution >= 4 is 17.0 Å². The molecular weight excluding hydrogens is 244 g/mol. The Kier molecular flexibility index (Phi) is 4.04. The molecular formula is C14H18N2O3. The van der Waals surface area contributed by atoms with Gasteiger partial charge in [-0.1, -0.05) is 32.3 Å². The number of H-pyrrole nitrogens is 1. The lowest BCUT2D eigenvalue weighted by molar-refractivity contribution is 0.0698. The van der Waals surface area contributed by atoms with Crippen molar-refractivity contribution < 1.29 is 9.90 Å². The molecule has 1 aromatic heterocycles. The molecule has 2 rings (SSSR count). The summed E-state index contributed by atoms with van der Waals surface area (Å²) >= 11 is 0. The largest absolute Gasteiger partial charge is 0.478 e. The molecule has 0 spiro atoms. The fourth-order valence-electron chi connectivity index (χ4n) is 2.30. The van der Waals surface area contributed by atoms with Crippen LogP contribution in [-0.2, 0) is 6.54 Å². The number of unbranched alkanes of at least 4 members (excludes halogenated alkanes) is 3. The Bertz CT molecular complexity index is 640. The molecule has 0 saturated heterocycles. The van der Waals surface area contributed by atoms with Gasteiger partial charge in [0.2, 0.25) is 0 Å². The second-order valence-corrected chi connectivity index (χ2v) is 4.65. The first-order valence-corrected chi connectivity index (χ1v) is 6.60. The van der Waals surface area contributed by atoms with Crippen LogP contribution in [0.3, 0.4) is 0 Å². The van der Waals surface area contributed by atoms with Crippen molar-refractivity contribution in [2.45, 2.75) is 39.2 Å². The van der Waals surface area contributed by atoms with Crippen LogP contribution in [0.4, 0.5) is 0 Å². The third-order valence-electron chi connectivity index (χ3n) is 3.26. The van der Waals surface area contributed by atoms with E-state index in [0.29, 0.717) is 17.6 Å². The van der Waals surface area contributed by atoms with Gasteiger partial charge in [-0.15, -0.1) is 0 Å². The minimum Gasteiger partial charge on any atom is -0.478 e. The van der Waals surface area contributed by atoms with E-state index in [1.165, 1.54) is 10.6 Å². The molecule has 0 unspecified atom stereocenters. The number of benzene rings is 1. The number of hydrogen-bond donors (Lipinski definition) is 2. The second-order valence-electron chi connectivity index (χ2n) is 4.65. The maximum atomic E-state index is 11.9. The topological polar surface area (TPSA) is 75.1 Å². The van der Waals surface area contributed by atoms with Gasteiger partial charge in [0, 0.05) is 6.54 Å². The Hall–Kier alpha value is -2.04. The Labute approximate surface area is 110 Å². The lowest BCUT2D eigenvalue weighted by Crippen LogP contribution is -2.17. The Morgan fingerprint density at radius 2 is 2.11 bits per heavy atom. The molecule has 0 fully saturated rings. The average Bonchev–Trinajstić information content (AvgIpc) is 2.70. The van der Waals surface area contributed by atoms with Gasteiger partial charge in [0.1, 0.15) is 0 Å². The van der Waals surface area contributed by atoms with Gasteiger partial charge in [-0.25, -0.2) is 9.59 Å². The van der Waals surface area contributed by atoms with Crippen LogP contribution in [0.25, 0.3) is 11.0 Å². The molecule has 0 aliphatic heterocycles. The molecule has 0 saturated carbocycles. The summed E-state index contributed by atoms with van der Waals surface area (Å²) in [6.07, 6.45) is 4.19. The highest BCUT2D eigenvalue weighted by Crippen LogP contribution is 2.16. The van der Waals surface area contributed by atoms with Crippen molar-refractivity contribution in [3.8, 4) is 0 Å². The normalized spacial score (nSPS) is 11.0. The molecule has 0 bridgehead atoms. The summed E-state index contributed by atoms with van der Waals surface area (Å²) in [5.41, 5.74) is 1.02. The quantitative estimate of drug-likeness (QED) is 0.786. The third-order valence-corrected chi connectivity index (χ3v) is 3.26. The molecule has 1 aromatic carbocycles. The van der Waals surface area contributed by atoms with E-state index in [2.05, 4.69) is 11.9 Å². The van der Waals surface area contributed by atoms with Crippen LogP contribution in [0.5, 0.6) is 0 Å². The standard InChI is InChI=1S/C14H18N2O3/c1-2-3-4-5-9-16-12-10(13(17)18)7-6-8-11(12)15-14(16)19/h6-8H,2-5,9H2,1H3,(H,15,19)(H,17,18). The van der Waals surface area contributed by atoms with E-state index in [1.54, 1.807) is 12.1 Å². The second kappa shape index (κ2) is 5.73. The Morgan fingerprint density at radius 1 is 1.32 bits per heavy atom. The van der Waals surface area contributed by atoms with Crippen molar-refractivity contribution in [2.24, 2.45) is 0 Å². The molecule has 2 N–H and O–H groups in total.